The van der Waals surface area contributed by atoms with Crippen molar-refractivity contribution in [3.63, 3.8) is 0 Å². The van der Waals surface area contributed by atoms with Crippen LogP contribution in [0.4, 0.5) is 16.2 Å². The smallest absolute Gasteiger partial charge is 0.334 e. The molecule has 3 aliphatic rings. The number of hydrogen-bond acceptors (Lipinski definition) is 9. The third-order valence-electron chi connectivity index (χ3n) is 9.13. The average Bonchev–Trinajstić information content (AvgIpc) is 3.68. The molecule has 0 radical (unpaired) electrons. The van der Waals surface area contributed by atoms with Crippen LogP contribution in [-0.2, 0) is 19.1 Å². The van der Waals surface area contributed by atoms with Crippen molar-refractivity contribution in [3.05, 3.63) is 106 Å². The fourth-order valence-electron chi connectivity index (χ4n) is 6.73. The average molecular weight is 743 g/mol. The van der Waals surface area contributed by atoms with Crippen LogP contribution in [-0.4, -0.2) is 81.3 Å². The van der Waals surface area contributed by atoms with Crippen molar-refractivity contribution in [2.24, 2.45) is 0 Å². The molecule has 0 spiro atoms. The number of nitrogens with zero attached hydrogens (tertiary/aromatic N) is 4. The second-order valence-electron chi connectivity index (χ2n) is 11.9. The number of methoxy groups -OCH3 is 2. The van der Waals surface area contributed by atoms with Crippen LogP contribution in [0, 0.1) is 0 Å². The molecule has 1 saturated heterocycles. The number of fused-ring (bicyclic) bond motifs is 6. The number of halogens is 1. The number of thioether (sulfide) groups is 2. The minimum Gasteiger partial charge on any atom is -0.383 e. The predicted molar refractivity (Wildman–Crippen MR) is 209 cm³/mol. The molecule has 12 heteroatoms. The highest BCUT2D eigenvalue weighted by Gasteiger charge is 2.43. The van der Waals surface area contributed by atoms with E-state index < -0.39 is 17.8 Å². The van der Waals surface area contributed by atoms with Crippen LogP contribution in [0.1, 0.15) is 13.8 Å². The first-order chi connectivity index (χ1) is 24.4. The van der Waals surface area contributed by atoms with E-state index in [-0.39, 0.29) is 44.3 Å². The molecule has 4 amide bonds. The molecule has 4 aromatic carbocycles. The van der Waals surface area contributed by atoms with E-state index in [0.717, 1.165) is 62.6 Å². The van der Waals surface area contributed by atoms with Gasteiger partial charge in [0.25, 0.3) is 11.8 Å². The molecule has 0 atom stereocenters. The molecule has 264 valence electrons. The fourth-order valence-corrected chi connectivity index (χ4v) is 9.12. The molecule has 3 aliphatic heterocycles. The SMILES string of the molecule is CCN1/C(=C/C(/C=C2/Sc3ccc4ccccc4c3N2CC)=C2C(=O)N(CCOC)C(=O)N(CCOC)C2=O)Sc2ccc3ccccc3c21.Cl. The fraction of sp³-hybridized carbons (Fsp3) is 0.256. The first kappa shape index (κ1) is 36.5. The zero-order valence-electron chi connectivity index (χ0n) is 28.9. The van der Waals surface area contributed by atoms with E-state index in [9.17, 15) is 14.4 Å². The quantitative estimate of drug-likeness (QED) is 0.118. The standard InChI is InChI=1S/C39H38N4O5S2.ClH/c1-5-40-32(49-30-17-15-25-11-7-9-13-28(25)35(30)40)23-27(34-37(44)42(19-21-47-3)39(46)43(38(34)45)20-22-48-4)24-33-41(6-2)36-29-14-10-8-12-26(29)16-18-31(36)50-33;/h7-18,23-24H,5-6,19-22H2,1-4H3;1H/b32-23-,33-24+;. The topological polar surface area (TPSA) is 82.6 Å². The number of benzene rings is 4. The Hall–Kier alpha value is -4.26. The van der Waals surface area contributed by atoms with E-state index in [0.29, 0.717) is 18.7 Å². The van der Waals surface area contributed by atoms with Gasteiger partial charge in [-0.25, -0.2) is 4.79 Å². The van der Waals surface area contributed by atoms with Gasteiger partial charge in [0.05, 0.1) is 47.7 Å². The lowest BCUT2D eigenvalue weighted by Crippen LogP contribution is -2.58. The van der Waals surface area contributed by atoms with Crippen LogP contribution in [0.5, 0.6) is 0 Å². The highest BCUT2D eigenvalue weighted by Crippen LogP contribution is 2.52. The van der Waals surface area contributed by atoms with Crippen molar-refractivity contribution >= 4 is 86.7 Å². The van der Waals surface area contributed by atoms with Crippen molar-refractivity contribution in [1.82, 2.24) is 9.80 Å². The van der Waals surface area contributed by atoms with E-state index in [1.165, 1.54) is 14.2 Å². The van der Waals surface area contributed by atoms with Gasteiger partial charge in [0.2, 0.25) is 0 Å². The molecule has 4 aromatic rings. The van der Waals surface area contributed by atoms with E-state index >= 15 is 0 Å². The van der Waals surface area contributed by atoms with Gasteiger partial charge in [-0.2, -0.15) is 0 Å². The van der Waals surface area contributed by atoms with E-state index in [2.05, 4.69) is 72.2 Å². The summed E-state index contributed by atoms with van der Waals surface area (Å²) in [6.07, 6.45) is 3.88. The van der Waals surface area contributed by atoms with Crippen molar-refractivity contribution in [1.29, 1.82) is 0 Å². The number of carbonyl (C=O) groups is 3. The number of rotatable bonds is 10. The summed E-state index contributed by atoms with van der Waals surface area (Å²) in [5.74, 6) is -1.28. The van der Waals surface area contributed by atoms with Gasteiger partial charge in [0.1, 0.15) is 5.57 Å². The maximum absolute atomic E-state index is 14.4. The molecular weight excluding hydrogens is 704 g/mol. The first-order valence-electron chi connectivity index (χ1n) is 16.7. The lowest BCUT2D eigenvalue weighted by Gasteiger charge is -2.34. The van der Waals surface area contributed by atoms with Gasteiger partial charge in [0, 0.05) is 47.9 Å². The summed E-state index contributed by atoms with van der Waals surface area (Å²) < 4.78 is 10.5. The van der Waals surface area contributed by atoms with Crippen LogP contribution in [0.25, 0.3) is 21.5 Å². The van der Waals surface area contributed by atoms with Gasteiger partial charge in [-0.05, 0) is 54.5 Å². The molecule has 0 saturated carbocycles. The molecule has 0 unspecified atom stereocenters. The maximum Gasteiger partial charge on any atom is 0.334 e. The van der Waals surface area contributed by atoms with Crippen molar-refractivity contribution in [3.8, 4) is 0 Å². The number of amides is 4. The summed E-state index contributed by atoms with van der Waals surface area (Å²) >= 11 is 3.22. The number of hydrogen-bond donors (Lipinski definition) is 0. The predicted octanol–water partition coefficient (Wildman–Crippen LogP) is 8.04. The molecule has 9 nitrogen and oxygen atoms in total. The monoisotopic (exact) mass is 742 g/mol. The number of imide groups is 2. The Balaban J connectivity index is 0.00000448. The molecule has 0 aliphatic carbocycles. The summed E-state index contributed by atoms with van der Waals surface area (Å²) in [7, 11) is 3.03. The molecule has 0 aromatic heterocycles. The largest absolute Gasteiger partial charge is 0.383 e. The maximum atomic E-state index is 14.4. The van der Waals surface area contributed by atoms with Crippen LogP contribution in [0.2, 0.25) is 0 Å². The van der Waals surface area contributed by atoms with Crippen LogP contribution in [0.3, 0.4) is 0 Å². The van der Waals surface area contributed by atoms with Crippen LogP contribution < -0.4 is 9.80 Å². The van der Waals surface area contributed by atoms with E-state index in [1.54, 1.807) is 23.5 Å². The molecule has 0 N–H and O–H groups in total. The summed E-state index contributed by atoms with van der Waals surface area (Å²) in [6.45, 7) is 5.83. The zero-order valence-corrected chi connectivity index (χ0v) is 31.3. The third kappa shape index (κ3) is 6.53. The van der Waals surface area contributed by atoms with Crippen molar-refractivity contribution in [2.75, 3.05) is 63.4 Å². The van der Waals surface area contributed by atoms with Gasteiger partial charge in [-0.3, -0.25) is 19.4 Å². The van der Waals surface area contributed by atoms with Gasteiger partial charge in [0.15, 0.2) is 0 Å². The highest BCUT2D eigenvalue weighted by atomic mass is 35.5. The number of ether oxygens (including phenoxy) is 2. The van der Waals surface area contributed by atoms with Crippen molar-refractivity contribution in [2.45, 2.75) is 23.6 Å². The normalized spacial score (nSPS) is 17.3. The van der Waals surface area contributed by atoms with Crippen molar-refractivity contribution < 1.29 is 23.9 Å². The Labute approximate surface area is 312 Å². The zero-order chi connectivity index (χ0) is 34.9. The Morgan fingerprint density at radius 3 is 1.47 bits per heavy atom. The Morgan fingerprint density at radius 2 is 1.06 bits per heavy atom. The molecule has 51 heavy (non-hydrogen) atoms. The summed E-state index contributed by atoms with van der Waals surface area (Å²) in [6, 6.07) is 24.4. The Bertz CT molecular complexity index is 1990. The molecule has 7 rings (SSSR count). The Morgan fingerprint density at radius 1 is 0.627 bits per heavy atom. The number of barbiturate groups is 1. The Kier molecular flexibility index (Phi) is 11.1. The van der Waals surface area contributed by atoms with Crippen LogP contribution in [0.15, 0.2) is 116 Å². The minimum absolute atomic E-state index is 0. The van der Waals surface area contributed by atoms with Crippen LogP contribution >= 0.6 is 35.9 Å². The molecule has 0 bridgehead atoms. The van der Waals surface area contributed by atoms with Gasteiger partial charge in [-0.15, -0.1) is 12.4 Å². The van der Waals surface area contributed by atoms with E-state index in [4.69, 9.17) is 9.47 Å². The number of allylic oxidation sites excluding steroid dienone is 3. The number of urea groups is 1. The summed E-state index contributed by atoms with van der Waals surface area (Å²) in [5.41, 5.74) is 2.58. The first-order valence-corrected chi connectivity index (χ1v) is 18.3. The lowest BCUT2D eigenvalue weighted by molar-refractivity contribution is -0.136. The number of anilines is 2. The molecule has 1 fully saturated rings. The molecular formula is C39H39ClN4O5S2. The second-order valence-corrected chi connectivity index (χ2v) is 14.1. The van der Waals surface area contributed by atoms with Gasteiger partial charge >= 0.3 is 6.03 Å². The second kappa shape index (κ2) is 15.5. The highest BCUT2D eigenvalue weighted by molar-refractivity contribution is 8.04. The lowest BCUT2D eigenvalue weighted by atomic mass is 10.0. The van der Waals surface area contributed by atoms with Gasteiger partial charge < -0.3 is 19.3 Å². The summed E-state index contributed by atoms with van der Waals surface area (Å²) in [4.78, 5) is 51.2. The minimum atomic E-state index is -0.675. The van der Waals surface area contributed by atoms with Gasteiger partial charge in [-0.1, -0.05) is 84.2 Å². The third-order valence-corrected chi connectivity index (χ3v) is 11.3. The molecule has 3 heterocycles. The van der Waals surface area contributed by atoms with E-state index in [1.807, 2.05) is 36.4 Å². The summed E-state index contributed by atoms with van der Waals surface area (Å²) in [5, 5.41) is 6.31. The number of carbonyl (C=O) groups excluding carboxylic acids is 3.